The lowest BCUT2D eigenvalue weighted by molar-refractivity contribution is 0.289. The van der Waals surface area contributed by atoms with Crippen LogP contribution in [0.2, 0.25) is 0 Å². The van der Waals surface area contributed by atoms with Crippen LogP contribution in [-0.2, 0) is 0 Å². The third-order valence-electron chi connectivity index (χ3n) is 2.24. The molecule has 0 radical (unpaired) electrons. The second-order valence-corrected chi connectivity index (χ2v) is 3.26. The quantitative estimate of drug-likeness (QED) is 0.813. The van der Waals surface area contributed by atoms with Crippen molar-refractivity contribution in [2.24, 2.45) is 0 Å². The van der Waals surface area contributed by atoms with E-state index in [1.165, 1.54) is 6.07 Å². The van der Waals surface area contributed by atoms with E-state index < -0.39 is 11.6 Å². The van der Waals surface area contributed by atoms with Crippen molar-refractivity contribution < 1.29 is 13.9 Å². The highest BCUT2D eigenvalue weighted by Crippen LogP contribution is 2.17. The highest BCUT2D eigenvalue weighted by atomic mass is 19.2. The number of nitrogens with zero attached hydrogens (tertiary/aromatic N) is 1. The van der Waals surface area contributed by atoms with Gasteiger partial charge in [-0.2, -0.15) is 0 Å². The number of hydrogen-bond donors (Lipinski definition) is 1. The molecular weight excluding hydrogens is 200 g/mol. The number of aliphatic hydroxyl groups is 1. The number of aliphatic hydroxyl groups excluding tert-OH is 1. The van der Waals surface area contributed by atoms with E-state index in [-0.39, 0.29) is 6.61 Å². The summed E-state index contributed by atoms with van der Waals surface area (Å²) in [7, 11) is 0. The molecule has 0 unspecified atom stereocenters. The molecule has 1 N–H and O–H groups in total. The van der Waals surface area contributed by atoms with E-state index in [1.54, 1.807) is 6.07 Å². The second kappa shape index (κ2) is 5.66. The van der Waals surface area contributed by atoms with Gasteiger partial charge in [0.15, 0.2) is 11.6 Å². The summed E-state index contributed by atoms with van der Waals surface area (Å²) < 4.78 is 25.6. The first-order valence-corrected chi connectivity index (χ1v) is 5.00. The van der Waals surface area contributed by atoms with E-state index in [9.17, 15) is 8.78 Å². The van der Waals surface area contributed by atoms with Crippen LogP contribution in [0.4, 0.5) is 14.5 Å². The highest BCUT2D eigenvalue weighted by molar-refractivity contribution is 5.46. The Bertz CT molecular complexity index is 317. The lowest BCUT2D eigenvalue weighted by atomic mass is 10.2. The van der Waals surface area contributed by atoms with E-state index in [0.717, 1.165) is 6.07 Å². The SMILES string of the molecule is CCN(CCCO)c1ccc(F)c(F)c1. The third-order valence-corrected chi connectivity index (χ3v) is 2.24. The molecule has 2 nitrogen and oxygen atoms in total. The van der Waals surface area contributed by atoms with Gasteiger partial charge in [-0.3, -0.25) is 0 Å². The van der Waals surface area contributed by atoms with Gasteiger partial charge in [0.05, 0.1) is 0 Å². The third kappa shape index (κ3) is 3.16. The van der Waals surface area contributed by atoms with E-state index in [1.807, 2.05) is 11.8 Å². The molecular formula is C11H15F2NO. The Hall–Kier alpha value is -1.16. The average Bonchev–Trinajstić information content (AvgIpc) is 2.24. The number of rotatable bonds is 5. The number of anilines is 1. The number of benzene rings is 1. The van der Waals surface area contributed by atoms with Gasteiger partial charge >= 0.3 is 0 Å². The Balaban J connectivity index is 2.78. The molecule has 0 aromatic heterocycles. The molecule has 0 aliphatic rings. The molecule has 0 amide bonds. The Morgan fingerprint density at radius 1 is 1.27 bits per heavy atom. The topological polar surface area (TPSA) is 23.5 Å². The molecule has 0 saturated heterocycles. The summed E-state index contributed by atoms with van der Waals surface area (Å²) in [5, 5.41) is 8.70. The minimum Gasteiger partial charge on any atom is -0.396 e. The van der Waals surface area contributed by atoms with Crippen LogP contribution >= 0.6 is 0 Å². The first-order chi connectivity index (χ1) is 7.19. The Morgan fingerprint density at radius 2 is 2.00 bits per heavy atom. The van der Waals surface area contributed by atoms with Gasteiger partial charge in [-0.15, -0.1) is 0 Å². The summed E-state index contributed by atoms with van der Waals surface area (Å²) in [6, 6.07) is 3.84. The fourth-order valence-corrected chi connectivity index (χ4v) is 1.41. The fourth-order valence-electron chi connectivity index (χ4n) is 1.41. The lowest BCUT2D eigenvalue weighted by Gasteiger charge is -2.22. The summed E-state index contributed by atoms with van der Waals surface area (Å²) >= 11 is 0. The average molecular weight is 215 g/mol. The predicted molar refractivity (Wildman–Crippen MR) is 55.9 cm³/mol. The van der Waals surface area contributed by atoms with E-state index >= 15 is 0 Å². The van der Waals surface area contributed by atoms with Crippen molar-refractivity contribution in [2.75, 3.05) is 24.6 Å². The van der Waals surface area contributed by atoms with Gasteiger partial charge in [0, 0.05) is 31.5 Å². The van der Waals surface area contributed by atoms with Gasteiger partial charge < -0.3 is 10.0 Å². The monoisotopic (exact) mass is 215 g/mol. The number of halogens is 2. The van der Waals surface area contributed by atoms with E-state index in [2.05, 4.69) is 0 Å². The summed E-state index contributed by atoms with van der Waals surface area (Å²) in [5.41, 5.74) is 0.643. The molecule has 4 heteroatoms. The molecule has 0 aliphatic carbocycles. The van der Waals surface area contributed by atoms with Crippen LogP contribution in [0.3, 0.4) is 0 Å². The van der Waals surface area contributed by atoms with Crippen molar-refractivity contribution in [3.05, 3.63) is 29.8 Å². The molecule has 1 aromatic rings. The van der Waals surface area contributed by atoms with Gasteiger partial charge in [-0.1, -0.05) is 0 Å². The van der Waals surface area contributed by atoms with Crippen LogP contribution in [-0.4, -0.2) is 24.8 Å². The van der Waals surface area contributed by atoms with Crippen molar-refractivity contribution >= 4 is 5.69 Å². The van der Waals surface area contributed by atoms with Crippen LogP contribution < -0.4 is 4.90 Å². The van der Waals surface area contributed by atoms with Gasteiger partial charge in [0.1, 0.15) is 0 Å². The summed E-state index contributed by atoms with van der Waals surface area (Å²) in [6.07, 6.45) is 0.618. The highest BCUT2D eigenvalue weighted by Gasteiger charge is 2.07. The molecule has 0 bridgehead atoms. The van der Waals surface area contributed by atoms with Crippen molar-refractivity contribution in [1.29, 1.82) is 0 Å². The van der Waals surface area contributed by atoms with Crippen LogP contribution in [0.25, 0.3) is 0 Å². The minimum absolute atomic E-state index is 0.0974. The van der Waals surface area contributed by atoms with Crippen molar-refractivity contribution in [2.45, 2.75) is 13.3 Å². The molecule has 0 spiro atoms. The zero-order valence-corrected chi connectivity index (χ0v) is 8.71. The Labute approximate surface area is 88.1 Å². The van der Waals surface area contributed by atoms with Crippen LogP contribution in [0.1, 0.15) is 13.3 Å². The lowest BCUT2D eigenvalue weighted by Crippen LogP contribution is -2.24. The number of hydrogen-bond acceptors (Lipinski definition) is 2. The molecule has 15 heavy (non-hydrogen) atoms. The molecule has 1 rings (SSSR count). The summed E-state index contributed by atoms with van der Waals surface area (Å²) in [4.78, 5) is 1.89. The smallest absolute Gasteiger partial charge is 0.160 e. The van der Waals surface area contributed by atoms with E-state index in [0.29, 0.717) is 25.2 Å². The maximum Gasteiger partial charge on any atom is 0.160 e. The van der Waals surface area contributed by atoms with Gasteiger partial charge in [-0.25, -0.2) is 8.78 Å². The second-order valence-electron chi connectivity index (χ2n) is 3.26. The van der Waals surface area contributed by atoms with Gasteiger partial charge in [-0.05, 0) is 25.5 Å². The first kappa shape index (κ1) is 11.9. The first-order valence-electron chi connectivity index (χ1n) is 5.00. The minimum atomic E-state index is -0.838. The van der Waals surface area contributed by atoms with Crippen LogP contribution in [0.15, 0.2) is 18.2 Å². The van der Waals surface area contributed by atoms with Gasteiger partial charge in [0.2, 0.25) is 0 Å². The molecule has 84 valence electrons. The summed E-state index contributed by atoms with van der Waals surface area (Å²) in [6.45, 7) is 3.36. The van der Waals surface area contributed by atoms with Crippen LogP contribution in [0.5, 0.6) is 0 Å². The predicted octanol–water partition coefficient (Wildman–Crippen LogP) is 2.17. The normalized spacial score (nSPS) is 10.4. The standard InChI is InChI=1S/C11H15F2NO/c1-2-14(6-3-7-15)9-4-5-10(12)11(13)8-9/h4-5,8,15H,2-3,6-7H2,1H3. The van der Waals surface area contributed by atoms with E-state index in [4.69, 9.17) is 5.11 Å². The largest absolute Gasteiger partial charge is 0.396 e. The molecule has 0 heterocycles. The zero-order valence-electron chi connectivity index (χ0n) is 8.71. The molecule has 0 saturated carbocycles. The van der Waals surface area contributed by atoms with Crippen molar-refractivity contribution in [3.63, 3.8) is 0 Å². The summed E-state index contributed by atoms with van der Waals surface area (Å²) in [5.74, 6) is -1.67. The molecule has 0 aliphatic heterocycles. The van der Waals surface area contributed by atoms with Crippen molar-refractivity contribution in [1.82, 2.24) is 0 Å². The van der Waals surface area contributed by atoms with Gasteiger partial charge in [0.25, 0.3) is 0 Å². The van der Waals surface area contributed by atoms with Crippen LogP contribution in [0, 0.1) is 11.6 Å². The Kier molecular flexibility index (Phi) is 4.49. The molecule has 0 atom stereocenters. The van der Waals surface area contributed by atoms with Crippen molar-refractivity contribution in [3.8, 4) is 0 Å². The molecule has 0 fully saturated rings. The zero-order chi connectivity index (χ0) is 11.3. The maximum atomic E-state index is 12.9. The maximum absolute atomic E-state index is 12.9. The fraction of sp³-hybridized carbons (Fsp3) is 0.455. The Morgan fingerprint density at radius 3 is 2.53 bits per heavy atom. The molecule has 1 aromatic carbocycles.